The summed E-state index contributed by atoms with van der Waals surface area (Å²) in [7, 11) is 6.00. The minimum Gasteiger partial charge on any atom is -0.477 e. The van der Waals surface area contributed by atoms with Crippen LogP contribution in [-0.4, -0.2) is 87.4 Å². The average Bonchev–Trinajstić information content (AvgIpc) is 3.50. The summed E-state index contributed by atoms with van der Waals surface area (Å²) in [5.74, 6) is -1.97. The zero-order chi connectivity index (χ0) is 66.1. The van der Waals surface area contributed by atoms with E-state index in [4.69, 9.17) is 18.9 Å². The summed E-state index contributed by atoms with van der Waals surface area (Å²) in [5.41, 5.74) is 0. The van der Waals surface area contributed by atoms with Crippen molar-refractivity contribution in [3.05, 3.63) is 24.3 Å². The molecule has 0 spiro atoms. The van der Waals surface area contributed by atoms with E-state index in [0.717, 1.165) is 44.9 Å². The molecule has 0 aliphatic carbocycles. The Kier molecular flexibility index (Phi) is 71.8. The van der Waals surface area contributed by atoms with Gasteiger partial charge in [0.2, 0.25) is 0 Å². The van der Waals surface area contributed by atoms with Gasteiger partial charge >= 0.3 is 17.9 Å². The fraction of sp³-hybridized carbons (Fsp3) is 0.915. The number of ether oxygens (including phenoxy) is 4. The zero-order valence-corrected chi connectivity index (χ0v) is 61.8. The quantitative estimate of drug-likeness (QED) is 0.0211. The number of likely N-dealkylation sites (N-methyl/N-ethyl adjacent to an activating group) is 1. The Balaban J connectivity index is 3.95. The molecule has 0 aromatic carbocycles. The molecule has 91 heavy (non-hydrogen) atoms. The molecule has 0 rings (SSSR count). The number of rotatable bonds is 77. The van der Waals surface area contributed by atoms with Crippen molar-refractivity contribution in [1.29, 1.82) is 0 Å². The van der Waals surface area contributed by atoms with Crippen LogP contribution in [0, 0.1) is 0 Å². The van der Waals surface area contributed by atoms with Crippen molar-refractivity contribution < 1.29 is 42.9 Å². The van der Waals surface area contributed by atoms with E-state index in [1.54, 1.807) is 0 Å². The second-order valence-corrected chi connectivity index (χ2v) is 29.1. The zero-order valence-electron chi connectivity index (χ0n) is 61.8. The van der Waals surface area contributed by atoms with Gasteiger partial charge in [-0.15, -0.1) is 0 Å². The number of carboxylic acids is 1. The largest absolute Gasteiger partial charge is 0.477 e. The van der Waals surface area contributed by atoms with Crippen LogP contribution in [0.15, 0.2) is 24.3 Å². The molecule has 0 heterocycles. The summed E-state index contributed by atoms with van der Waals surface area (Å²) in [6.45, 7) is 4.96. The van der Waals surface area contributed by atoms with Crippen molar-refractivity contribution in [1.82, 2.24) is 0 Å². The molecule has 0 radical (unpaired) electrons. The van der Waals surface area contributed by atoms with Crippen LogP contribution < -0.4 is 0 Å². The maximum Gasteiger partial charge on any atom is 0.361 e. The number of quaternary nitrogens is 1. The molecule has 9 nitrogen and oxygen atoms in total. The number of hydrogen-bond donors (Lipinski definition) is 1. The lowest BCUT2D eigenvalue weighted by Gasteiger charge is -2.25. The standard InChI is InChI=1S/C82H157NO8/c1-6-8-10-12-14-16-18-20-22-24-26-28-30-32-34-36-37-38-39-40-41-42-43-45-47-49-51-53-55-57-59-61-63-65-67-69-71-73-80(85)91-78(77-90-82(81(86)87)88-75-74-83(3,4)5)76-89-79(84)72-70-68-66-64-62-60-58-56-54-52-50-48-46-44-35-33-31-29-27-25-23-21-19-17-15-13-11-9-7-2/h18,20,24,26,78,82H,6-17,19,21-23,25,27-77H2,1-5H3/p+1/b20-18-,26-24-. The number of carbonyl (C=O) groups excluding carboxylic acids is 2. The SMILES string of the molecule is CCCCCCC/C=C\C/C=C\CCCCCCCCCCCCCCCCCCCCCCCCCCCC(=O)OC(COC(=O)CCCCCCCCCCCCCCCCCCCCCCCCCCCCCCC)COC(OCC[N+](C)(C)C)C(=O)O. The molecule has 1 N–H and O–H groups in total. The number of unbranched alkanes of at least 4 members (excludes halogenated alkanes) is 58. The van der Waals surface area contributed by atoms with Crippen LogP contribution in [0.5, 0.6) is 0 Å². The summed E-state index contributed by atoms with van der Waals surface area (Å²) in [4.78, 5) is 37.7. The van der Waals surface area contributed by atoms with Gasteiger partial charge in [-0.1, -0.05) is 391 Å². The highest BCUT2D eigenvalue weighted by Gasteiger charge is 2.25. The monoisotopic (exact) mass is 1290 g/mol. The molecule has 0 amide bonds. The van der Waals surface area contributed by atoms with E-state index in [0.29, 0.717) is 17.4 Å². The van der Waals surface area contributed by atoms with Crippen LogP contribution in [0.4, 0.5) is 0 Å². The second-order valence-electron chi connectivity index (χ2n) is 29.1. The van der Waals surface area contributed by atoms with Gasteiger partial charge in [0.05, 0.1) is 34.4 Å². The number of allylic oxidation sites excluding steroid dienone is 4. The average molecular weight is 1290 g/mol. The molecule has 0 aromatic rings. The van der Waals surface area contributed by atoms with E-state index in [1.807, 2.05) is 21.1 Å². The number of esters is 2. The first-order chi connectivity index (χ1) is 44.6. The Labute approximate surface area is 567 Å². The number of carbonyl (C=O) groups is 3. The van der Waals surface area contributed by atoms with Crippen molar-refractivity contribution >= 4 is 17.9 Å². The Bertz CT molecular complexity index is 1540. The fourth-order valence-electron chi connectivity index (χ4n) is 12.5. The third-order valence-corrected chi connectivity index (χ3v) is 18.7. The molecular weight excluding hydrogens is 1130 g/mol. The van der Waals surface area contributed by atoms with Crippen LogP contribution >= 0.6 is 0 Å². The van der Waals surface area contributed by atoms with E-state index < -0.39 is 18.4 Å². The van der Waals surface area contributed by atoms with Crippen LogP contribution in [0.2, 0.25) is 0 Å². The van der Waals surface area contributed by atoms with Gasteiger partial charge in [0.25, 0.3) is 6.29 Å². The topological polar surface area (TPSA) is 108 Å². The number of aliphatic carboxylic acids is 1. The maximum absolute atomic E-state index is 13.0. The van der Waals surface area contributed by atoms with Crippen LogP contribution in [0.25, 0.3) is 0 Å². The highest BCUT2D eigenvalue weighted by atomic mass is 16.7. The van der Waals surface area contributed by atoms with E-state index in [2.05, 4.69) is 38.2 Å². The molecule has 0 fully saturated rings. The minimum absolute atomic E-state index is 0.173. The first kappa shape index (κ1) is 88.8. The highest BCUT2D eigenvalue weighted by molar-refractivity contribution is 5.71. The number of hydrogen-bond acceptors (Lipinski definition) is 7. The van der Waals surface area contributed by atoms with Gasteiger partial charge in [0.15, 0.2) is 6.10 Å². The number of nitrogens with zero attached hydrogens (tertiary/aromatic N) is 1. The first-order valence-electron chi connectivity index (χ1n) is 40.5. The maximum atomic E-state index is 13.0. The number of carboxylic acid groups (broad SMARTS) is 1. The van der Waals surface area contributed by atoms with Crippen LogP contribution in [0.3, 0.4) is 0 Å². The van der Waals surface area contributed by atoms with E-state index in [-0.39, 0.29) is 38.2 Å². The smallest absolute Gasteiger partial charge is 0.361 e. The van der Waals surface area contributed by atoms with E-state index in [1.165, 1.54) is 353 Å². The van der Waals surface area contributed by atoms with Crippen molar-refractivity contribution in [2.24, 2.45) is 0 Å². The first-order valence-corrected chi connectivity index (χ1v) is 40.5. The van der Waals surface area contributed by atoms with Gasteiger partial charge in [0, 0.05) is 12.8 Å². The predicted octanol–water partition coefficient (Wildman–Crippen LogP) is 25.7. The Morgan fingerprint density at radius 1 is 0.330 bits per heavy atom. The van der Waals surface area contributed by atoms with Crippen molar-refractivity contribution in [2.75, 3.05) is 47.5 Å². The predicted molar refractivity (Wildman–Crippen MR) is 392 cm³/mol. The molecule has 0 bridgehead atoms. The Morgan fingerprint density at radius 2 is 0.593 bits per heavy atom. The molecular formula is C82H158NO8+. The lowest BCUT2D eigenvalue weighted by molar-refractivity contribution is -0.870. The van der Waals surface area contributed by atoms with Crippen LogP contribution in [-0.2, 0) is 33.3 Å². The molecule has 0 aliphatic rings. The van der Waals surface area contributed by atoms with Gasteiger partial charge in [-0.05, 0) is 44.9 Å². The minimum atomic E-state index is -1.51. The second kappa shape index (κ2) is 73.6. The van der Waals surface area contributed by atoms with E-state index >= 15 is 0 Å². The molecule has 0 aliphatic heterocycles. The summed E-state index contributed by atoms with van der Waals surface area (Å²) < 4.78 is 23.1. The third-order valence-electron chi connectivity index (χ3n) is 18.7. The van der Waals surface area contributed by atoms with Gasteiger partial charge in [-0.3, -0.25) is 9.59 Å². The Hall–Kier alpha value is -2.23. The lowest BCUT2D eigenvalue weighted by atomic mass is 10.0. The summed E-state index contributed by atoms with van der Waals surface area (Å²) in [6, 6.07) is 0. The third kappa shape index (κ3) is 75.0. The highest BCUT2D eigenvalue weighted by Crippen LogP contribution is 2.20. The normalized spacial score (nSPS) is 12.7. The molecule has 0 aromatic heterocycles. The Morgan fingerprint density at radius 3 is 0.868 bits per heavy atom. The van der Waals surface area contributed by atoms with Gasteiger partial charge in [0.1, 0.15) is 13.2 Å². The fourth-order valence-corrected chi connectivity index (χ4v) is 12.5. The molecule has 0 saturated heterocycles. The van der Waals surface area contributed by atoms with Crippen molar-refractivity contribution in [2.45, 2.75) is 437 Å². The molecule has 9 heteroatoms. The van der Waals surface area contributed by atoms with Gasteiger partial charge in [-0.2, -0.15) is 0 Å². The van der Waals surface area contributed by atoms with Crippen molar-refractivity contribution in [3.8, 4) is 0 Å². The molecule has 2 unspecified atom stereocenters. The molecule has 2 atom stereocenters. The lowest BCUT2D eigenvalue weighted by Crippen LogP contribution is -2.40. The molecule has 538 valence electrons. The van der Waals surface area contributed by atoms with Crippen molar-refractivity contribution in [3.63, 3.8) is 0 Å². The van der Waals surface area contributed by atoms with Crippen LogP contribution in [0.1, 0.15) is 425 Å². The summed E-state index contributed by atoms with van der Waals surface area (Å²) >= 11 is 0. The summed E-state index contributed by atoms with van der Waals surface area (Å²) in [6.07, 6.45) is 90.6. The summed E-state index contributed by atoms with van der Waals surface area (Å²) in [5, 5.41) is 9.77. The van der Waals surface area contributed by atoms with Gasteiger partial charge in [-0.25, -0.2) is 4.79 Å². The van der Waals surface area contributed by atoms with E-state index in [9.17, 15) is 19.5 Å². The molecule has 0 saturated carbocycles. The van der Waals surface area contributed by atoms with Gasteiger partial charge < -0.3 is 28.5 Å².